The molecule has 0 spiro atoms. The molecule has 0 bridgehead atoms. The van der Waals surface area contributed by atoms with Gasteiger partial charge in [0.2, 0.25) is 5.91 Å². The number of anilines is 1. The molecule has 0 aromatic carbocycles. The van der Waals surface area contributed by atoms with Gasteiger partial charge in [-0.2, -0.15) is 5.10 Å². The van der Waals surface area contributed by atoms with E-state index in [1.165, 1.54) is 0 Å². The number of hydrogen-bond acceptors (Lipinski definition) is 8. The maximum atomic E-state index is 12.2. The largest absolute Gasteiger partial charge is 0.472 e. The van der Waals surface area contributed by atoms with Crippen LogP contribution >= 0.6 is 0 Å². The van der Waals surface area contributed by atoms with Crippen molar-refractivity contribution in [2.24, 2.45) is 11.0 Å². The second-order valence-corrected chi connectivity index (χ2v) is 9.31. The molecule has 3 N–H and O–H groups in total. The first-order chi connectivity index (χ1) is 18.0. The Morgan fingerprint density at radius 3 is 2.81 bits per heavy atom. The molecule has 184 valence electrons. The lowest BCUT2D eigenvalue weighted by Crippen LogP contribution is -2.22. The molecule has 5 aromatic heterocycles. The van der Waals surface area contributed by atoms with Crippen LogP contribution in [-0.2, 0) is 11.3 Å². The number of H-pyrrole nitrogens is 1. The second-order valence-electron chi connectivity index (χ2n) is 9.31. The Kier molecular flexibility index (Phi) is 5.68. The first-order valence-corrected chi connectivity index (χ1v) is 12.0. The minimum Gasteiger partial charge on any atom is -0.472 e. The van der Waals surface area contributed by atoms with Gasteiger partial charge in [0.25, 0.3) is 0 Å². The van der Waals surface area contributed by atoms with Crippen molar-refractivity contribution in [2.75, 3.05) is 5.32 Å². The number of furan rings is 1. The Bertz CT molecular complexity index is 1640. The van der Waals surface area contributed by atoms with Crippen molar-refractivity contribution in [2.45, 2.75) is 26.8 Å². The minimum atomic E-state index is -0.0398. The number of aromatic nitrogens is 5. The third kappa shape index (κ3) is 4.44. The molecule has 1 aliphatic rings. The smallest absolute Gasteiger partial charge is 0.224 e. The van der Waals surface area contributed by atoms with E-state index < -0.39 is 0 Å². The second kappa shape index (κ2) is 9.30. The Balaban J connectivity index is 1.36. The summed E-state index contributed by atoms with van der Waals surface area (Å²) in [7, 11) is 0. The molecule has 0 saturated carbocycles. The van der Waals surface area contributed by atoms with E-state index in [9.17, 15) is 4.79 Å². The van der Waals surface area contributed by atoms with Gasteiger partial charge in [0.05, 0.1) is 48.4 Å². The van der Waals surface area contributed by atoms with Crippen LogP contribution in [0.15, 0.2) is 71.2 Å². The summed E-state index contributed by atoms with van der Waals surface area (Å²) < 4.78 is 5.25. The highest BCUT2D eigenvalue weighted by atomic mass is 16.3. The lowest BCUT2D eigenvalue weighted by Gasteiger charge is -2.17. The molecule has 1 aliphatic heterocycles. The van der Waals surface area contributed by atoms with Gasteiger partial charge in [-0.25, -0.2) is 4.98 Å². The first kappa shape index (κ1) is 22.6. The summed E-state index contributed by atoms with van der Waals surface area (Å²) in [5.74, 6) is 0.850. The molecule has 5 aromatic rings. The molecule has 0 fully saturated rings. The van der Waals surface area contributed by atoms with E-state index in [1.807, 2.05) is 38.2 Å². The molecule has 10 heteroatoms. The number of carbonyl (C=O) groups excluding carboxylic acids is 1. The van der Waals surface area contributed by atoms with E-state index >= 15 is 0 Å². The number of nitrogens with one attached hydrogen (secondary N) is 3. The van der Waals surface area contributed by atoms with Crippen molar-refractivity contribution in [1.29, 1.82) is 0 Å². The van der Waals surface area contributed by atoms with Crippen LogP contribution in [0.2, 0.25) is 0 Å². The maximum Gasteiger partial charge on any atom is 0.224 e. The van der Waals surface area contributed by atoms with E-state index in [2.05, 4.69) is 35.8 Å². The van der Waals surface area contributed by atoms with Crippen LogP contribution in [0.4, 0.5) is 5.69 Å². The van der Waals surface area contributed by atoms with Crippen LogP contribution < -0.4 is 10.7 Å². The van der Waals surface area contributed by atoms with Crippen molar-refractivity contribution in [3.63, 3.8) is 0 Å². The summed E-state index contributed by atoms with van der Waals surface area (Å²) >= 11 is 0. The summed E-state index contributed by atoms with van der Waals surface area (Å²) in [5, 5.41) is 7.50. The van der Waals surface area contributed by atoms with Gasteiger partial charge in [-0.3, -0.25) is 19.7 Å². The molecule has 0 atom stereocenters. The maximum absolute atomic E-state index is 12.2. The number of hydrazone groups is 1. The number of nitrogens with zero attached hydrogens (tertiary/aromatic N) is 5. The number of aromatic amines is 1. The van der Waals surface area contributed by atoms with Crippen molar-refractivity contribution in [3.8, 4) is 22.4 Å². The van der Waals surface area contributed by atoms with Crippen molar-refractivity contribution in [3.05, 3.63) is 78.7 Å². The van der Waals surface area contributed by atoms with Gasteiger partial charge < -0.3 is 20.1 Å². The zero-order valence-electron chi connectivity index (χ0n) is 20.3. The number of hydrogen-bond donors (Lipinski definition) is 3. The van der Waals surface area contributed by atoms with Gasteiger partial charge in [-0.15, -0.1) is 0 Å². The summed E-state index contributed by atoms with van der Waals surface area (Å²) in [6.07, 6.45) is 12.5. The molecule has 0 unspecified atom stereocenters. The van der Waals surface area contributed by atoms with Gasteiger partial charge in [-0.05, 0) is 24.1 Å². The standard InChI is InChI=1S/C27H24N8O2/c1-15(2)5-24(36)32-19-6-17(8-28-11-19)22-7-20-18(9-30-22)10-31-35-26(20)27-33-23-13-29-12-21(25(23)34-27)16-3-4-37-14-16/h3-4,6-9,11-15,31H,5,10H2,1-2H3,(H,32,36)(H,33,34). The van der Waals surface area contributed by atoms with Crippen LogP contribution in [0.1, 0.15) is 37.2 Å². The lowest BCUT2D eigenvalue weighted by molar-refractivity contribution is -0.116. The zero-order chi connectivity index (χ0) is 25.4. The van der Waals surface area contributed by atoms with Crippen molar-refractivity contribution >= 4 is 28.3 Å². The molecular formula is C27H24N8O2. The highest BCUT2D eigenvalue weighted by Gasteiger charge is 2.22. The molecule has 6 heterocycles. The minimum absolute atomic E-state index is 0.0398. The zero-order valence-corrected chi connectivity index (χ0v) is 20.3. The van der Waals surface area contributed by atoms with E-state index in [1.54, 1.807) is 37.3 Å². The fourth-order valence-corrected chi connectivity index (χ4v) is 4.35. The van der Waals surface area contributed by atoms with Crippen molar-refractivity contribution < 1.29 is 9.21 Å². The molecule has 10 nitrogen and oxygen atoms in total. The van der Waals surface area contributed by atoms with Gasteiger partial charge in [-0.1, -0.05) is 13.8 Å². The molecular weight excluding hydrogens is 468 g/mol. The average Bonchev–Trinajstić information content (AvgIpc) is 3.58. The molecule has 1 amide bonds. The van der Waals surface area contributed by atoms with E-state index in [0.29, 0.717) is 30.2 Å². The molecule has 37 heavy (non-hydrogen) atoms. The molecule has 0 saturated heterocycles. The van der Waals surface area contributed by atoms with Crippen LogP contribution in [0, 0.1) is 5.92 Å². The van der Waals surface area contributed by atoms with Crippen LogP contribution in [-0.4, -0.2) is 36.5 Å². The molecule has 6 rings (SSSR count). The third-order valence-electron chi connectivity index (χ3n) is 6.06. The lowest BCUT2D eigenvalue weighted by atomic mass is 10.0. The third-order valence-corrected chi connectivity index (χ3v) is 6.06. The van der Waals surface area contributed by atoms with Gasteiger partial charge >= 0.3 is 0 Å². The Morgan fingerprint density at radius 2 is 1.97 bits per heavy atom. The predicted molar refractivity (Wildman–Crippen MR) is 140 cm³/mol. The fourth-order valence-electron chi connectivity index (χ4n) is 4.35. The van der Waals surface area contributed by atoms with Crippen LogP contribution in [0.5, 0.6) is 0 Å². The van der Waals surface area contributed by atoms with Gasteiger partial charge in [0.1, 0.15) is 11.2 Å². The predicted octanol–water partition coefficient (Wildman–Crippen LogP) is 4.52. The van der Waals surface area contributed by atoms with Gasteiger partial charge in [0.15, 0.2) is 5.82 Å². The summed E-state index contributed by atoms with van der Waals surface area (Å²) in [5.41, 5.74) is 11.2. The SMILES string of the molecule is CC(C)CC(=O)Nc1cncc(-c2cc3c(cn2)CNN=C3c2nc3c(-c4ccoc4)cncc3[nH]2)c1. The number of carbonyl (C=O) groups is 1. The number of rotatable bonds is 6. The number of pyridine rings is 3. The van der Waals surface area contributed by atoms with Gasteiger partial charge in [0, 0.05) is 52.8 Å². The summed E-state index contributed by atoms with van der Waals surface area (Å²) in [4.78, 5) is 33.8. The fraction of sp³-hybridized carbons (Fsp3) is 0.185. The molecule has 0 aliphatic carbocycles. The van der Waals surface area contributed by atoms with E-state index in [0.717, 1.165) is 44.5 Å². The quantitative estimate of drug-likeness (QED) is 0.317. The highest BCUT2D eigenvalue weighted by molar-refractivity contribution is 6.13. The molecule has 0 radical (unpaired) electrons. The Hall–Kier alpha value is -4.86. The van der Waals surface area contributed by atoms with Crippen molar-refractivity contribution in [1.82, 2.24) is 30.3 Å². The Morgan fingerprint density at radius 1 is 1.08 bits per heavy atom. The van der Waals surface area contributed by atoms with Crippen LogP contribution in [0.3, 0.4) is 0 Å². The topological polar surface area (TPSA) is 134 Å². The summed E-state index contributed by atoms with van der Waals surface area (Å²) in [6, 6.07) is 5.74. The monoisotopic (exact) mass is 492 g/mol. The van der Waals surface area contributed by atoms with E-state index in [-0.39, 0.29) is 11.8 Å². The van der Waals surface area contributed by atoms with E-state index in [4.69, 9.17) is 9.40 Å². The number of imidazole rings is 1. The Labute approximate surface area is 212 Å². The normalized spacial score (nSPS) is 12.8. The highest BCUT2D eigenvalue weighted by Crippen LogP contribution is 2.29. The number of amides is 1. The number of fused-ring (bicyclic) bond motifs is 2. The average molecular weight is 493 g/mol. The summed E-state index contributed by atoms with van der Waals surface area (Å²) in [6.45, 7) is 4.57. The first-order valence-electron chi connectivity index (χ1n) is 12.0. The van der Waals surface area contributed by atoms with Crippen LogP contribution in [0.25, 0.3) is 33.4 Å².